The molecule has 1 amide bonds. The zero-order chi connectivity index (χ0) is 12.6. The van der Waals surface area contributed by atoms with Crippen molar-refractivity contribution in [2.45, 2.75) is 18.9 Å². The van der Waals surface area contributed by atoms with Crippen molar-refractivity contribution < 1.29 is 24.8 Å². The van der Waals surface area contributed by atoms with Crippen molar-refractivity contribution in [2.24, 2.45) is 10.7 Å². The van der Waals surface area contributed by atoms with Gasteiger partial charge in [-0.1, -0.05) is 0 Å². The van der Waals surface area contributed by atoms with Crippen molar-refractivity contribution in [3.8, 4) is 0 Å². The number of aliphatic imine (C=N–C) groups is 1. The van der Waals surface area contributed by atoms with Crippen LogP contribution in [0.1, 0.15) is 12.8 Å². The van der Waals surface area contributed by atoms with Crippen LogP contribution < -0.4 is 26.3 Å². The Morgan fingerprint density at radius 1 is 1.50 bits per heavy atom. The van der Waals surface area contributed by atoms with Crippen molar-refractivity contribution in [3.05, 3.63) is 0 Å². The molecule has 16 heavy (non-hydrogen) atoms. The maximum Gasteiger partial charge on any atom is 0.381 e. The molecule has 0 rings (SSSR count). The molecule has 8 heteroatoms. The highest BCUT2D eigenvalue weighted by atomic mass is 16.4. The lowest BCUT2D eigenvalue weighted by molar-refractivity contribution is -0.310. The van der Waals surface area contributed by atoms with E-state index in [-0.39, 0.29) is 18.9 Å². The first-order chi connectivity index (χ1) is 7.47. The number of aliphatic carboxylic acids is 1. The molecule has 0 radical (unpaired) electrons. The Kier molecular flexibility index (Phi) is 6.25. The van der Waals surface area contributed by atoms with Crippen LogP contribution in [0.4, 0.5) is 4.79 Å². The minimum Gasteiger partial charge on any atom is -0.548 e. The molecule has 0 spiro atoms. The van der Waals surface area contributed by atoms with Crippen LogP contribution in [0.5, 0.6) is 0 Å². The monoisotopic (exact) mass is 229 g/mol. The number of nitrogens with two attached hydrogens (primary N) is 1. The van der Waals surface area contributed by atoms with Crippen LogP contribution in [0.25, 0.3) is 0 Å². The van der Waals surface area contributed by atoms with Crippen molar-refractivity contribution >= 4 is 24.7 Å². The largest absolute Gasteiger partial charge is 0.548 e. The first kappa shape index (κ1) is 13.9. The highest BCUT2D eigenvalue weighted by Crippen LogP contribution is 1.96. The summed E-state index contributed by atoms with van der Waals surface area (Å²) in [7, 11) is 0. The molecule has 90 valence electrons. The third-order valence-corrected chi connectivity index (χ3v) is 1.69. The smallest absolute Gasteiger partial charge is 0.381 e. The Bertz CT molecular complexity index is 302. The van der Waals surface area contributed by atoms with Crippen LogP contribution in [-0.4, -0.2) is 37.3 Å². The van der Waals surface area contributed by atoms with Gasteiger partial charge in [0.05, 0.1) is 12.0 Å². The van der Waals surface area contributed by atoms with Crippen LogP contribution in [0, 0.1) is 0 Å². The highest BCUT2D eigenvalue weighted by Gasteiger charge is 2.09. The van der Waals surface area contributed by atoms with Crippen molar-refractivity contribution in [3.63, 3.8) is 0 Å². The third-order valence-electron chi connectivity index (χ3n) is 1.69. The van der Waals surface area contributed by atoms with Gasteiger partial charge in [0, 0.05) is 6.72 Å². The molecule has 0 bridgehead atoms. The number of carboxylic acid groups (broad SMARTS) is 2. The standard InChI is InChI=1S/C8H14N4O4/c1-10-7(9)11-4-2-3-5(6(13)14)12-8(15)16/h5,12H,1-4H2,(H2,9,11)(H,13,14)(H,15,16)/p-1. The molecule has 1 atom stereocenters. The summed E-state index contributed by atoms with van der Waals surface area (Å²) in [6, 6.07) is -1.30. The Labute approximate surface area is 91.9 Å². The number of rotatable bonds is 6. The first-order valence-corrected chi connectivity index (χ1v) is 4.48. The van der Waals surface area contributed by atoms with Crippen molar-refractivity contribution in [2.75, 3.05) is 6.54 Å². The van der Waals surface area contributed by atoms with Crippen LogP contribution in [0.2, 0.25) is 0 Å². The molecule has 0 aliphatic rings. The normalized spacial score (nSPS) is 12.9. The van der Waals surface area contributed by atoms with Gasteiger partial charge in [-0.2, -0.15) is 0 Å². The molecule has 0 heterocycles. The predicted molar refractivity (Wildman–Crippen MR) is 51.1 cm³/mol. The van der Waals surface area contributed by atoms with Crippen LogP contribution in [0.15, 0.2) is 4.99 Å². The Balaban J connectivity index is 3.99. The number of carboxylic acids is 1. The fourth-order valence-electron chi connectivity index (χ4n) is 0.942. The summed E-state index contributed by atoms with van der Waals surface area (Å²) in [6.45, 7) is 3.52. The van der Waals surface area contributed by atoms with E-state index in [1.165, 1.54) is 0 Å². The van der Waals surface area contributed by atoms with Crippen molar-refractivity contribution in [1.29, 1.82) is 0 Å². The van der Waals surface area contributed by atoms with Gasteiger partial charge in [-0.3, -0.25) is 10.7 Å². The molecule has 0 saturated carbocycles. The van der Waals surface area contributed by atoms with Gasteiger partial charge < -0.3 is 25.1 Å². The lowest BCUT2D eigenvalue weighted by atomic mass is 10.1. The van der Waals surface area contributed by atoms with E-state index in [1.807, 2.05) is 0 Å². The first-order valence-electron chi connectivity index (χ1n) is 4.48. The second-order valence-corrected chi connectivity index (χ2v) is 2.89. The quantitative estimate of drug-likeness (QED) is 0.237. The summed E-state index contributed by atoms with van der Waals surface area (Å²) in [4.78, 5) is 26.7. The highest BCUT2D eigenvalue weighted by molar-refractivity contribution is 5.76. The minimum atomic E-state index is -1.66. The Morgan fingerprint density at radius 2 is 2.12 bits per heavy atom. The van der Waals surface area contributed by atoms with Gasteiger partial charge in [-0.15, -0.1) is 4.99 Å². The van der Waals surface area contributed by atoms with Crippen LogP contribution in [0.3, 0.4) is 0 Å². The summed E-state index contributed by atoms with van der Waals surface area (Å²) in [5.41, 5.74) is 5.26. The molecule has 0 fully saturated rings. The van der Waals surface area contributed by atoms with Gasteiger partial charge >= 0.3 is 5.96 Å². The van der Waals surface area contributed by atoms with Gasteiger partial charge in [0.1, 0.15) is 12.6 Å². The van der Waals surface area contributed by atoms with Crippen LogP contribution in [-0.2, 0) is 4.79 Å². The lowest BCUT2D eigenvalue weighted by Crippen LogP contribution is -2.75. The fourth-order valence-corrected chi connectivity index (χ4v) is 0.942. The Morgan fingerprint density at radius 3 is 2.56 bits per heavy atom. The summed E-state index contributed by atoms with van der Waals surface area (Å²) in [5, 5.41) is 22.3. The SMILES string of the molecule is C=[NH+]C(N)=NCCCC(NC(=O)[O-])C(=O)[O-]. The minimum absolute atomic E-state index is 0.0459. The molecule has 0 aromatic heterocycles. The van der Waals surface area contributed by atoms with E-state index in [0.29, 0.717) is 6.42 Å². The number of carbonyl (C=O) groups is 2. The summed E-state index contributed by atoms with van der Waals surface area (Å²) < 4.78 is 0. The van der Waals surface area contributed by atoms with Crippen LogP contribution >= 0.6 is 0 Å². The van der Waals surface area contributed by atoms with Crippen molar-refractivity contribution in [1.82, 2.24) is 5.32 Å². The predicted octanol–water partition coefficient (Wildman–Crippen LogP) is -5.09. The Hall–Kier alpha value is -2.12. The molecule has 4 N–H and O–H groups in total. The number of guanidine groups is 1. The molecule has 0 saturated heterocycles. The topological polar surface area (TPSA) is 145 Å². The van der Waals surface area contributed by atoms with Gasteiger partial charge in [0.25, 0.3) is 0 Å². The van der Waals surface area contributed by atoms with Gasteiger partial charge in [0.2, 0.25) is 0 Å². The molecular weight excluding hydrogens is 216 g/mol. The van der Waals surface area contributed by atoms with E-state index in [9.17, 15) is 19.8 Å². The van der Waals surface area contributed by atoms with Gasteiger partial charge in [-0.25, -0.2) is 0 Å². The maximum atomic E-state index is 10.5. The fraction of sp³-hybridized carbons (Fsp3) is 0.500. The molecule has 8 nitrogen and oxygen atoms in total. The number of hydrogen-bond acceptors (Lipinski definition) is 5. The summed E-state index contributed by atoms with van der Waals surface area (Å²) in [5.74, 6) is -1.38. The van der Waals surface area contributed by atoms with Gasteiger partial charge in [-0.05, 0) is 12.8 Å². The van der Waals surface area contributed by atoms with E-state index in [2.05, 4.69) is 16.7 Å². The second-order valence-electron chi connectivity index (χ2n) is 2.89. The number of nitrogens with zero attached hydrogens (tertiary/aromatic N) is 1. The number of amides is 1. The van der Waals surface area contributed by atoms with E-state index >= 15 is 0 Å². The molecule has 0 aliphatic heterocycles. The number of nitrogens with one attached hydrogen (secondary N) is 2. The second kappa shape index (κ2) is 7.21. The van der Waals surface area contributed by atoms with E-state index in [1.54, 1.807) is 5.32 Å². The number of carbonyl (C=O) groups excluding carboxylic acids is 2. The molecular formula is C8H13N4O4-. The molecule has 1 unspecified atom stereocenters. The molecule has 0 aliphatic carbocycles. The average molecular weight is 229 g/mol. The van der Waals surface area contributed by atoms with Gasteiger partial charge in [0.15, 0.2) is 0 Å². The maximum absolute atomic E-state index is 10.5. The zero-order valence-electron chi connectivity index (χ0n) is 8.56. The van der Waals surface area contributed by atoms with E-state index in [0.717, 1.165) is 0 Å². The van der Waals surface area contributed by atoms with E-state index in [4.69, 9.17) is 5.73 Å². The molecule has 0 aromatic carbocycles. The third kappa shape index (κ3) is 6.35. The van der Waals surface area contributed by atoms with E-state index < -0.39 is 18.1 Å². The lowest BCUT2D eigenvalue weighted by Gasteiger charge is -2.20. The average Bonchev–Trinajstić information content (AvgIpc) is 2.21. The summed E-state index contributed by atoms with van der Waals surface area (Å²) >= 11 is 0. The summed E-state index contributed by atoms with van der Waals surface area (Å²) in [6.07, 6.45) is -1.28. The molecule has 0 aromatic rings. The number of hydrogen-bond donors (Lipinski definition) is 3. The zero-order valence-corrected chi connectivity index (χ0v) is 8.56.